The highest BCUT2D eigenvalue weighted by Gasteiger charge is 2.53. The Hall–Kier alpha value is -0.0800. The summed E-state index contributed by atoms with van der Waals surface area (Å²) in [6, 6.07) is 0.278. The lowest BCUT2D eigenvalue weighted by Gasteiger charge is -2.58. The summed E-state index contributed by atoms with van der Waals surface area (Å²) in [5, 5.41) is 0. The van der Waals surface area contributed by atoms with E-state index >= 15 is 0 Å². The van der Waals surface area contributed by atoms with Gasteiger partial charge in [-0.05, 0) is 75.0 Å². The van der Waals surface area contributed by atoms with Gasteiger partial charge in [-0.1, -0.05) is 6.92 Å². The van der Waals surface area contributed by atoms with Crippen LogP contribution in [0.5, 0.6) is 0 Å². The number of hydrogen-bond acceptors (Lipinski definition) is 2. The Morgan fingerprint density at radius 1 is 1.11 bits per heavy atom. The summed E-state index contributed by atoms with van der Waals surface area (Å²) >= 11 is 0. The first kappa shape index (κ1) is 12.9. The summed E-state index contributed by atoms with van der Waals surface area (Å²) in [5.74, 6) is 2.97. The third-order valence-electron chi connectivity index (χ3n) is 6.01. The minimum atomic E-state index is 0.278. The average molecular weight is 251 g/mol. The number of nitrogens with two attached hydrogens (primary N) is 1. The molecule has 0 aromatic rings. The summed E-state index contributed by atoms with van der Waals surface area (Å²) < 4.78 is 5.92. The first-order valence-corrected chi connectivity index (χ1v) is 7.98. The van der Waals surface area contributed by atoms with Crippen molar-refractivity contribution in [2.24, 2.45) is 28.9 Å². The molecule has 4 saturated carbocycles. The van der Waals surface area contributed by atoms with Crippen molar-refractivity contribution in [3.8, 4) is 0 Å². The minimum absolute atomic E-state index is 0.278. The fourth-order valence-corrected chi connectivity index (χ4v) is 5.19. The maximum Gasteiger partial charge on any atom is 0.0626 e. The van der Waals surface area contributed by atoms with E-state index in [0.29, 0.717) is 11.5 Å². The van der Waals surface area contributed by atoms with Gasteiger partial charge in [0.15, 0.2) is 0 Å². The van der Waals surface area contributed by atoms with Gasteiger partial charge >= 0.3 is 0 Å². The highest BCUT2D eigenvalue weighted by Crippen LogP contribution is 2.60. The van der Waals surface area contributed by atoms with E-state index in [1.54, 1.807) is 0 Å². The van der Waals surface area contributed by atoms with Crippen LogP contribution in [0.15, 0.2) is 0 Å². The zero-order valence-corrected chi connectivity index (χ0v) is 12.0. The largest absolute Gasteiger partial charge is 0.377 e. The van der Waals surface area contributed by atoms with E-state index in [-0.39, 0.29) is 6.04 Å². The van der Waals surface area contributed by atoms with Gasteiger partial charge in [0.2, 0.25) is 0 Å². The monoisotopic (exact) mass is 251 g/mol. The molecule has 0 aliphatic heterocycles. The molecule has 4 bridgehead atoms. The summed E-state index contributed by atoms with van der Waals surface area (Å²) in [6.07, 6.45) is 10.1. The Morgan fingerprint density at radius 3 is 2.06 bits per heavy atom. The third kappa shape index (κ3) is 2.22. The molecule has 0 radical (unpaired) electrons. The fourth-order valence-electron chi connectivity index (χ4n) is 5.19. The molecule has 18 heavy (non-hydrogen) atoms. The molecule has 4 fully saturated rings. The molecule has 2 atom stereocenters. The molecule has 2 unspecified atom stereocenters. The van der Waals surface area contributed by atoms with E-state index in [9.17, 15) is 0 Å². The van der Waals surface area contributed by atoms with E-state index in [0.717, 1.165) is 30.8 Å². The Bertz CT molecular complexity index is 266. The van der Waals surface area contributed by atoms with Gasteiger partial charge in [0.1, 0.15) is 0 Å². The van der Waals surface area contributed by atoms with Crippen molar-refractivity contribution in [2.75, 3.05) is 6.61 Å². The molecule has 0 amide bonds. The zero-order valence-electron chi connectivity index (χ0n) is 12.0. The van der Waals surface area contributed by atoms with Crippen molar-refractivity contribution in [3.63, 3.8) is 0 Å². The van der Waals surface area contributed by atoms with Crippen molar-refractivity contribution in [1.82, 2.24) is 0 Å². The van der Waals surface area contributed by atoms with Gasteiger partial charge < -0.3 is 10.5 Å². The van der Waals surface area contributed by atoms with Crippen LogP contribution in [-0.2, 0) is 4.74 Å². The maximum atomic E-state index is 6.55. The Kier molecular flexibility index (Phi) is 3.44. The topological polar surface area (TPSA) is 35.2 Å². The van der Waals surface area contributed by atoms with Crippen LogP contribution in [0, 0.1) is 23.2 Å². The van der Waals surface area contributed by atoms with Crippen molar-refractivity contribution in [3.05, 3.63) is 0 Å². The van der Waals surface area contributed by atoms with Crippen LogP contribution in [0.4, 0.5) is 0 Å². The highest BCUT2D eigenvalue weighted by atomic mass is 16.5. The predicted octanol–water partition coefficient (Wildman–Crippen LogP) is 3.35. The second-order valence-corrected chi connectivity index (χ2v) is 7.44. The third-order valence-corrected chi connectivity index (χ3v) is 6.01. The van der Waals surface area contributed by atoms with Crippen LogP contribution < -0.4 is 5.73 Å². The van der Waals surface area contributed by atoms with E-state index in [1.165, 1.54) is 38.5 Å². The molecular formula is C16H29NO. The SMILES string of the molecule is CCC(C)OCC(N)C12CC3CC(CC(C3)C1)C2. The molecular weight excluding hydrogens is 222 g/mol. The Morgan fingerprint density at radius 2 is 1.61 bits per heavy atom. The summed E-state index contributed by atoms with van der Waals surface area (Å²) in [7, 11) is 0. The van der Waals surface area contributed by atoms with Crippen LogP contribution in [0.3, 0.4) is 0 Å². The van der Waals surface area contributed by atoms with E-state index < -0.39 is 0 Å². The molecule has 2 N–H and O–H groups in total. The number of ether oxygens (including phenoxy) is 1. The van der Waals surface area contributed by atoms with Crippen LogP contribution in [0.2, 0.25) is 0 Å². The van der Waals surface area contributed by atoms with Gasteiger partial charge in [0, 0.05) is 6.04 Å². The first-order valence-electron chi connectivity index (χ1n) is 7.98. The van der Waals surface area contributed by atoms with Crippen molar-refractivity contribution in [1.29, 1.82) is 0 Å². The molecule has 4 aliphatic rings. The molecule has 0 spiro atoms. The normalized spacial score (nSPS) is 45.2. The molecule has 0 aromatic heterocycles. The molecule has 0 saturated heterocycles. The van der Waals surface area contributed by atoms with Crippen LogP contribution >= 0.6 is 0 Å². The molecule has 4 aliphatic carbocycles. The van der Waals surface area contributed by atoms with Crippen molar-refractivity contribution < 1.29 is 4.74 Å². The van der Waals surface area contributed by atoms with Crippen LogP contribution in [0.25, 0.3) is 0 Å². The van der Waals surface area contributed by atoms with Gasteiger partial charge in [-0.25, -0.2) is 0 Å². The molecule has 0 aromatic carbocycles. The van der Waals surface area contributed by atoms with Crippen molar-refractivity contribution >= 4 is 0 Å². The standard InChI is InChI=1S/C16H29NO/c1-3-11(2)18-10-15(17)16-7-12-4-13(8-16)6-14(5-12)9-16/h11-15H,3-10,17H2,1-2H3. The summed E-state index contributed by atoms with van der Waals surface area (Å²) in [5.41, 5.74) is 7.00. The lowest BCUT2D eigenvalue weighted by molar-refractivity contribution is -0.0862. The van der Waals surface area contributed by atoms with Gasteiger partial charge in [-0.15, -0.1) is 0 Å². The predicted molar refractivity (Wildman–Crippen MR) is 74.3 cm³/mol. The Labute approximate surface area is 112 Å². The Balaban J connectivity index is 1.63. The fraction of sp³-hybridized carbons (Fsp3) is 1.00. The smallest absolute Gasteiger partial charge is 0.0626 e. The van der Waals surface area contributed by atoms with E-state index in [4.69, 9.17) is 10.5 Å². The average Bonchev–Trinajstić information content (AvgIpc) is 2.33. The van der Waals surface area contributed by atoms with Gasteiger partial charge in [0.25, 0.3) is 0 Å². The lowest BCUT2D eigenvalue weighted by atomic mass is 9.48. The van der Waals surface area contributed by atoms with Gasteiger partial charge in [0.05, 0.1) is 12.7 Å². The zero-order chi connectivity index (χ0) is 12.8. The number of hydrogen-bond donors (Lipinski definition) is 1. The van der Waals surface area contributed by atoms with E-state index in [1.807, 2.05) is 0 Å². The van der Waals surface area contributed by atoms with Crippen molar-refractivity contribution in [2.45, 2.75) is 70.9 Å². The van der Waals surface area contributed by atoms with Gasteiger partial charge in [-0.2, -0.15) is 0 Å². The molecule has 104 valence electrons. The summed E-state index contributed by atoms with van der Waals surface area (Å²) in [4.78, 5) is 0. The van der Waals surface area contributed by atoms with Crippen LogP contribution in [0.1, 0.15) is 58.8 Å². The second-order valence-electron chi connectivity index (χ2n) is 7.44. The van der Waals surface area contributed by atoms with Crippen LogP contribution in [-0.4, -0.2) is 18.8 Å². The van der Waals surface area contributed by atoms with E-state index in [2.05, 4.69) is 13.8 Å². The maximum absolute atomic E-state index is 6.55. The highest BCUT2D eigenvalue weighted by molar-refractivity contribution is 5.05. The lowest BCUT2D eigenvalue weighted by Crippen LogP contribution is -2.56. The molecule has 4 rings (SSSR count). The molecule has 0 heterocycles. The first-order chi connectivity index (χ1) is 8.61. The molecule has 2 heteroatoms. The quantitative estimate of drug-likeness (QED) is 0.813. The van der Waals surface area contributed by atoms with Gasteiger partial charge in [-0.3, -0.25) is 0 Å². The number of rotatable bonds is 5. The summed E-state index contributed by atoms with van der Waals surface area (Å²) in [6.45, 7) is 5.12. The second kappa shape index (κ2) is 4.79. The molecule has 2 nitrogen and oxygen atoms in total. The minimum Gasteiger partial charge on any atom is -0.377 e.